The van der Waals surface area contributed by atoms with Crippen LogP contribution >= 0.6 is 0 Å². The number of rotatable bonds is 9. The summed E-state index contributed by atoms with van der Waals surface area (Å²) >= 11 is 0. The zero-order valence-electron chi connectivity index (χ0n) is 36.9. The van der Waals surface area contributed by atoms with Gasteiger partial charge in [0.05, 0.1) is 31.1 Å². The third-order valence-electron chi connectivity index (χ3n) is 9.39. The molecule has 322 valence electrons. The molecule has 12 heteroatoms. The Morgan fingerprint density at radius 3 is 1.28 bits per heavy atom. The number of methoxy groups -OCH3 is 1. The molecule has 4 aromatic rings. The number of anilines is 2. The molecule has 0 bridgehead atoms. The summed E-state index contributed by atoms with van der Waals surface area (Å²) in [6.45, 7) is 23.9. The molecule has 3 N–H and O–H groups in total. The Kier molecular flexibility index (Phi) is 15.3. The van der Waals surface area contributed by atoms with Gasteiger partial charge in [0.1, 0.15) is 23.1 Å². The van der Waals surface area contributed by atoms with Crippen molar-refractivity contribution in [3.05, 3.63) is 118 Å². The standard InChI is InChI=1S/C25H30FNO5.C23H28FNO3/c1-24(2,3)16-12-17(25(4,5)6)21(32-23(30)31-7)13-19(16)27-22(29)14-20(28)15-10-8-9-11-18(15)26;1-22(2,3)15-11-16(23(4,5)6)20(27)12-18(15)25-21(28)13-19(26)14-9-7-8-10-17(14)24/h8-13H,14H2,1-7H3,(H,27,29);7-12,27H,13H2,1-6H3,(H,25,28). The summed E-state index contributed by atoms with van der Waals surface area (Å²) in [5.41, 5.74) is 2.46. The number of hydrogen-bond donors (Lipinski definition) is 3. The molecule has 0 spiro atoms. The van der Waals surface area contributed by atoms with Crippen LogP contribution in [0.3, 0.4) is 0 Å². The minimum Gasteiger partial charge on any atom is -0.508 e. The van der Waals surface area contributed by atoms with Crippen LogP contribution in [0.25, 0.3) is 0 Å². The van der Waals surface area contributed by atoms with Gasteiger partial charge in [-0.15, -0.1) is 0 Å². The second-order valence-electron chi connectivity index (χ2n) is 18.6. The lowest BCUT2D eigenvalue weighted by Gasteiger charge is -2.29. The number of carbonyl (C=O) groups excluding carboxylic acids is 5. The van der Waals surface area contributed by atoms with Gasteiger partial charge >= 0.3 is 6.16 Å². The highest BCUT2D eigenvalue weighted by atomic mass is 19.1. The first-order valence-corrected chi connectivity index (χ1v) is 19.5. The van der Waals surface area contributed by atoms with Crippen molar-refractivity contribution >= 4 is 40.9 Å². The molecule has 0 saturated heterocycles. The van der Waals surface area contributed by atoms with E-state index in [-0.39, 0.29) is 44.3 Å². The monoisotopic (exact) mass is 828 g/mol. The fourth-order valence-corrected chi connectivity index (χ4v) is 6.26. The van der Waals surface area contributed by atoms with Gasteiger partial charge in [0.25, 0.3) is 0 Å². The van der Waals surface area contributed by atoms with Crippen molar-refractivity contribution in [3.8, 4) is 11.5 Å². The van der Waals surface area contributed by atoms with E-state index in [1.807, 2.05) is 95.2 Å². The molecule has 4 rings (SSSR count). The van der Waals surface area contributed by atoms with Crippen molar-refractivity contribution in [1.29, 1.82) is 0 Å². The third-order valence-corrected chi connectivity index (χ3v) is 9.39. The van der Waals surface area contributed by atoms with Crippen molar-refractivity contribution in [2.75, 3.05) is 17.7 Å². The van der Waals surface area contributed by atoms with Crippen molar-refractivity contribution in [2.45, 2.75) is 118 Å². The molecule has 0 aromatic heterocycles. The van der Waals surface area contributed by atoms with E-state index in [1.54, 1.807) is 12.1 Å². The Bertz CT molecular complexity index is 2250. The molecule has 10 nitrogen and oxygen atoms in total. The molecule has 0 atom stereocenters. The average molecular weight is 829 g/mol. The lowest BCUT2D eigenvalue weighted by Crippen LogP contribution is -2.24. The van der Waals surface area contributed by atoms with Gasteiger partial charge in [-0.25, -0.2) is 13.6 Å². The molecule has 0 radical (unpaired) electrons. The quantitative estimate of drug-likeness (QED) is 0.0654. The first-order chi connectivity index (χ1) is 27.5. The molecule has 0 heterocycles. The summed E-state index contributed by atoms with van der Waals surface area (Å²) in [6.07, 6.45) is -1.89. The Labute approximate surface area is 352 Å². The van der Waals surface area contributed by atoms with Gasteiger partial charge in [-0.3, -0.25) is 19.2 Å². The highest BCUT2D eigenvalue weighted by Gasteiger charge is 2.29. The number of ketones is 2. The normalized spacial score (nSPS) is 11.8. The van der Waals surface area contributed by atoms with E-state index < -0.39 is 54.0 Å². The number of phenols is 1. The lowest BCUT2D eigenvalue weighted by atomic mass is 9.79. The van der Waals surface area contributed by atoms with Crippen molar-refractivity contribution in [3.63, 3.8) is 0 Å². The van der Waals surface area contributed by atoms with Gasteiger partial charge in [0, 0.05) is 29.1 Å². The number of nitrogens with one attached hydrogen (secondary N) is 2. The number of Topliss-reactive ketones (excluding diaryl/α,β-unsaturated/α-hetero) is 2. The molecule has 0 aliphatic rings. The molecule has 60 heavy (non-hydrogen) atoms. The summed E-state index contributed by atoms with van der Waals surface area (Å²) in [5, 5.41) is 15.9. The topological polar surface area (TPSA) is 148 Å². The summed E-state index contributed by atoms with van der Waals surface area (Å²) in [6, 6.07) is 18.0. The highest BCUT2D eigenvalue weighted by Crippen LogP contribution is 2.41. The molecular weight excluding hydrogens is 771 g/mol. The molecule has 0 aliphatic heterocycles. The molecule has 4 aromatic carbocycles. The third kappa shape index (κ3) is 13.0. The minimum atomic E-state index is -0.883. The van der Waals surface area contributed by atoms with Crippen LogP contribution < -0.4 is 15.4 Å². The second-order valence-corrected chi connectivity index (χ2v) is 18.6. The molecular formula is C48H58F2N2O8. The van der Waals surface area contributed by atoms with Crippen molar-refractivity contribution in [1.82, 2.24) is 0 Å². The van der Waals surface area contributed by atoms with Crippen molar-refractivity contribution < 1.29 is 47.3 Å². The van der Waals surface area contributed by atoms with Gasteiger partial charge in [0.15, 0.2) is 11.6 Å². The van der Waals surface area contributed by atoms with Crippen molar-refractivity contribution in [2.24, 2.45) is 0 Å². The molecule has 0 unspecified atom stereocenters. The van der Waals surface area contributed by atoms with Crippen LogP contribution in [0.1, 0.15) is 139 Å². The number of benzene rings is 4. The number of aromatic hydroxyl groups is 1. The fourth-order valence-electron chi connectivity index (χ4n) is 6.26. The Morgan fingerprint density at radius 1 is 0.550 bits per heavy atom. The SMILES string of the molecule is CC(C)(C)c1cc(C(C)(C)C)c(NC(=O)CC(=O)c2ccccc2F)cc1O.COC(=O)Oc1cc(NC(=O)CC(=O)c2ccccc2F)c(C(C)(C)C)cc1C(C)(C)C. The number of halogens is 2. The number of carbonyl (C=O) groups is 5. The molecule has 0 saturated carbocycles. The first-order valence-electron chi connectivity index (χ1n) is 19.5. The Balaban J connectivity index is 0.000000323. The van der Waals surface area contributed by atoms with E-state index in [2.05, 4.69) is 15.4 Å². The van der Waals surface area contributed by atoms with Crippen LogP contribution in [0.5, 0.6) is 11.5 Å². The summed E-state index contributed by atoms with van der Waals surface area (Å²) in [4.78, 5) is 61.6. The summed E-state index contributed by atoms with van der Waals surface area (Å²) in [5.74, 6) is -3.38. The molecule has 0 fully saturated rings. The maximum absolute atomic E-state index is 13.9. The Hall–Kier alpha value is -5.91. The largest absolute Gasteiger partial charge is 0.513 e. The van der Waals surface area contributed by atoms with Gasteiger partial charge in [-0.1, -0.05) is 107 Å². The van der Waals surface area contributed by atoms with Crippen LogP contribution in [0.15, 0.2) is 72.8 Å². The van der Waals surface area contributed by atoms with Crippen LogP contribution in [0.4, 0.5) is 25.0 Å². The van der Waals surface area contributed by atoms with Crippen LogP contribution in [-0.2, 0) is 36.0 Å². The number of ether oxygens (including phenoxy) is 2. The van der Waals surface area contributed by atoms with Gasteiger partial charge in [-0.05, 0) is 74.7 Å². The van der Waals surface area contributed by atoms with E-state index in [0.717, 1.165) is 22.3 Å². The number of hydrogen-bond acceptors (Lipinski definition) is 8. The van der Waals surface area contributed by atoms with Gasteiger partial charge in [0.2, 0.25) is 11.8 Å². The zero-order valence-corrected chi connectivity index (χ0v) is 36.9. The maximum atomic E-state index is 13.9. The van der Waals surface area contributed by atoms with Crippen LogP contribution in [0, 0.1) is 11.6 Å². The van der Waals surface area contributed by atoms with E-state index in [9.17, 15) is 37.9 Å². The smallest absolute Gasteiger partial charge is 0.508 e. The summed E-state index contributed by atoms with van der Waals surface area (Å²) in [7, 11) is 1.21. The summed E-state index contributed by atoms with van der Waals surface area (Å²) < 4.78 is 37.6. The minimum absolute atomic E-state index is 0.0798. The Morgan fingerprint density at radius 2 is 0.917 bits per heavy atom. The lowest BCUT2D eigenvalue weighted by molar-refractivity contribution is -0.116. The molecule has 2 amide bonds. The second kappa shape index (κ2) is 19.0. The van der Waals surface area contributed by atoms with E-state index >= 15 is 0 Å². The van der Waals surface area contributed by atoms with E-state index in [0.29, 0.717) is 11.4 Å². The van der Waals surface area contributed by atoms with Crippen LogP contribution in [-0.4, -0.2) is 41.8 Å². The van der Waals surface area contributed by atoms with Gasteiger partial charge in [-0.2, -0.15) is 0 Å². The number of amides is 2. The van der Waals surface area contributed by atoms with Gasteiger partial charge < -0.3 is 25.2 Å². The highest BCUT2D eigenvalue weighted by molar-refractivity contribution is 6.12. The average Bonchev–Trinajstić information content (AvgIpc) is 3.10. The first kappa shape index (κ1) is 48.5. The zero-order chi connectivity index (χ0) is 45.5. The predicted molar refractivity (Wildman–Crippen MR) is 230 cm³/mol. The maximum Gasteiger partial charge on any atom is 0.513 e. The fraction of sp³-hybridized carbons (Fsp3) is 0.396. The van der Waals surface area contributed by atoms with Crippen LogP contribution in [0.2, 0.25) is 0 Å². The van der Waals surface area contributed by atoms with E-state index in [1.165, 1.54) is 55.6 Å². The predicted octanol–water partition coefficient (Wildman–Crippen LogP) is 11.1. The molecule has 0 aliphatic carbocycles. The number of phenolic OH excluding ortho intramolecular Hbond substituents is 1. The van der Waals surface area contributed by atoms with E-state index in [4.69, 9.17) is 4.74 Å².